The highest BCUT2D eigenvalue weighted by Crippen LogP contribution is 2.22. The van der Waals surface area contributed by atoms with Crippen LogP contribution in [0.25, 0.3) is 0 Å². The number of nitrogens with zero attached hydrogens (tertiary/aromatic N) is 1. The number of sulfonamides is 1. The van der Waals surface area contributed by atoms with E-state index in [2.05, 4.69) is 0 Å². The van der Waals surface area contributed by atoms with Crippen molar-refractivity contribution in [2.24, 2.45) is 0 Å². The van der Waals surface area contributed by atoms with E-state index in [0.717, 1.165) is 12.8 Å². The van der Waals surface area contributed by atoms with Gasteiger partial charge in [0.1, 0.15) is 6.61 Å². The summed E-state index contributed by atoms with van der Waals surface area (Å²) in [6, 6.07) is 13.0. The number of carbonyl (C=O) groups excluding carboxylic acids is 1. The summed E-state index contributed by atoms with van der Waals surface area (Å²) in [5, 5.41) is 0.515. The highest BCUT2D eigenvalue weighted by molar-refractivity contribution is 7.89. The zero-order valence-corrected chi connectivity index (χ0v) is 15.1. The monoisotopic (exact) mass is 379 g/mol. The summed E-state index contributed by atoms with van der Waals surface area (Å²) in [7, 11) is -3.56. The molecule has 0 aromatic heterocycles. The summed E-state index contributed by atoms with van der Waals surface area (Å²) >= 11 is 6.04. The van der Waals surface area contributed by atoms with Crippen LogP contribution < -0.4 is 0 Å². The van der Waals surface area contributed by atoms with E-state index in [-0.39, 0.29) is 17.1 Å². The third kappa shape index (κ3) is 4.03. The summed E-state index contributed by atoms with van der Waals surface area (Å²) in [5.74, 6) is -0.585. The molecule has 5 nitrogen and oxygen atoms in total. The van der Waals surface area contributed by atoms with Gasteiger partial charge in [-0.3, -0.25) is 0 Å². The standard InChI is InChI=1S/C18H18ClNO4S/c19-17-9-2-1-6-15(17)13-24-18(21)14-7-5-8-16(12-14)25(22,23)20-10-3-4-11-20/h1-2,5-9,12H,3-4,10-11,13H2. The molecule has 0 bridgehead atoms. The molecule has 2 aromatic carbocycles. The van der Waals surface area contributed by atoms with Crippen molar-refractivity contribution >= 4 is 27.6 Å². The van der Waals surface area contributed by atoms with Crippen LogP contribution in [0.15, 0.2) is 53.4 Å². The molecule has 1 fully saturated rings. The summed E-state index contributed by atoms with van der Waals surface area (Å²) in [6.45, 7) is 1.06. The molecular formula is C18H18ClNO4S. The Kier molecular flexibility index (Phi) is 5.42. The number of benzene rings is 2. The fraction of sp³-hybridized carbons (Fsp3) is 0.278. The first-order valence-electron chi connectivity index (χ1n) is 7.99. The third-order valence-electron chi connectivity index (χ3n) is 4.09. The van der Waals surface area contributed by atoms with Crippen LogP contribution in [0.2, 0.25) is 5.02 Å². The molecule has 0 radical (unpaired) electrons. The first-order chi connectivity index (χ1) is 12.0. The van der Waals surface area contributed by atoms with Gasteiger partial charge in [0.2, 0.25) is 10.0 Å². The molecule has 0 atom stereocenters. The lowest BCUT2D eigenvalue weighted by atomic mass is 10.2. The largest absolute Gasteiger partial charge is 0.457 e. The van der Waals surface area contributed by atoms with E-state index < -0.39 is 16.0 Å². The fourth-order valence-electron chi connectivity index (χ4n) is 2.70. The second-order valence-corrected chi connectivity index (χ2v) is 8.15. The van der Waals surface area contributed by atoms with E-state index in [0.29, 0.717) is 23.7 Å². The smallest absolute Gasteiger partial charge is 0.338 e. The molecule has 3 rings (SSSR count). The van der Waals surface area contributed by atoms with Crippen molar-refractivity contribution in [2.45, 2.75) is 24.3 Å². The average Bonchev–Trinajstić information content (AvgIpc) is 3.16. The average molecular weight is 380 g/mol. The van der Waals surface area contributed by atoms with Gasteiger partial charge in [-0.15, -0.1) is 0 Å². The maximum atomic E-state index is 12.6. The minimum absolute atomic E-state index is 0.0294. The van der Waals surface area contributed by atoms with Gasteiger partial charge < -0.3 is 4.74 Å². The fourth-order valence-corrected chi connectivity index (χ4v) is 4.46. The minimum Gasteiger partial charge on any atom is -0.457 e. The number of hydrogen-bond donors (Lipinski definition) is 0. The van der Waals surface area contributed by atoms with Gasteiger partial charge in [0.15, 0.2) is 0 Å². The molecule has 1 aliphatic heterocycles. The Bertz CT molecular complexity index is 876. The van der Waals surface area contributed by atoms with Crippen LogP contribution in [0, 0.1) is 0 Å². The normalized spacial score (nSPS) is 15.2. The molecule has 0 spiro atoms. The van der Waals surface area contributed by atoms with Crippen LogP contribution in [0.1, 0.15) is 28.8 Å². The third-order valence-corrected chi connectivity index (χ3v) is 6.35. The number of rotatable bonds is 5. The van der Waals surface area contributed by atoms with E-state index in [1.807, 2.05) is 0 Å². The maximum absolute atomic E-state index is 12.6. The lowest BCUT2D eigenvalue weighted by Gasteiger charge is -2.15. The van der Waals surface area contributed by atoms with Crippen LogP contribution in [-0.2, 0) is 21.4 Å². The van der Waals surface area contributed by atoms with E-state index in [4.69, 9.17) is 16.3 Å². The molecule has 1 aliphatic rings. The number of halogens is 1. The lowest BCUT2D eigenvalue weighted by molar-refractivity contribution is 0.0472. The van der Waals surface area contributed by atoms with Crippen LogP contribution in [0.4, 0.5) is 0 Å². The van der Waals surface area contributed by atoms with Crippen LogP contribution in [0.5, 0.6) is 0 Å². The van der Waals surface area contributed by atoms with E-state index in [9.17, 15) is 13.2 Å². The molecule has 2 aromatic rings. The van der Waals surface area contributed by atoms with Gasteiger partial charge in [-0.2, -0.15) is 4.31 Å². The number of hydrogen-bond acceptors (Lipinski definition) is 4. The van der Waals surface area contributed by atoms with E-state index >= 15 is 0 Å². The summed E-state index contributed by atoms with van der Waals surface area (Å²) in [5.41, 5.74) is 0.894. The zero-order valence-electron chi connectivity index (χ0n) is 13.5. The van der Waals surface area contributed by atoms with Crippen LogP contribution in [-0.4, -0.2) is 31.8 Å². The molecular weight excluding hydrogens is 362 g/mol. The van der Waals surface area contributed by atoms with Crippen LogP contribution >= 0.6 is 11.6 Å². The van der Waals surface area contributed by atoms with Gasteiger partial charge in [0, 0.05) is 23.7 Å². The Morgan fingerprint density at radius 1 is 1.08 bits per heavy atom. The van der Waals surface area contributed by atoms with E-state index in [1.165, 1.54) is 22.5 Å². The zero-order chi connectivity index (χ0) is 17.9. The van der Waals surface area contributed by atoms with Crippen molar-refractivity contribution in [3.05, 3.63) is 64.7 Å². The van der Waals surface area contributed by atoms with Gasteiger partial charge in [-0.25, -0.2) is 13.2 Å². The number of carbonyl (C=O) groups is 1. The summed E-state index contributed by atoms with van der Waals surface area (Å²) < 4.78 is 31.9. The van der Waals surface area contributed by atoms with Gasteiger partial charge in [-0.05, 0) is 37.1 Å². The Balaban J connectivity index is 1.74. The SMILES string of the molecule is O=C(OCc1ccccc1Cl)c1cccc(S(=O)(=O)N2CCCC2)c1. The van der Waals surface area contributed by atoms with Crippen molar-refractivity contribution in [1.29, 1.82) is 0 Å². The molecule has 25 heavy (non-hydrogen) atoms. The second-order valence-electron chi connectivity index (χ2n) is 5.81. The minimum atomic E-state index is -3.56. The van der Waals surface area contributed by atoms with Crippen molar-refractivity contribution in [1.82, 2.24) is 4.31 Å². The Labute approximate surface area is 152 Å². The Hall–Kier alpha value is -1.89. The molecule has 0 aliphatic carbocycles. The molecule has 0 amide bonds. The van der Waals surface area contributed by atoms with Gasteiger partial charge in [0.05, 0.1) is 10.5 Å². The number of ether oxygens (including phenoxy) is 1. The van der Waals surface area contributed by atoms with Crippen molar-refractivity contribution in [2.75, 3.05) is 13.1 Å². The van der Waals surface area contributed by atoms with E-state index in [1.54, 1.807) is 30.3 Å². The Morgan fingerprint density at radius 3 is 2.52 bits per heavy atom. The molecule has 0 unspecified atom stereocenters. The first kappa shape index (κ1) is 17.9. The predicted octanol–water partition coefficient (Wildman–Crippen LogP) is 3.48. The molecule has 0 saturated carbocycles. The topological polar surface area (TPSA) is 63.7 Å². The molecule has 7 heteroatoms. The van der Waals surface area contributed by atoms with Gasteiger partial charge >= 0.3 is 5.97 Å². The molecule has 132 valence electrons. The molecule has 1 heterocycles. The van der Waals surface area contributed by atoms with Gasteiger partial charge in [-0.1, -0.05) is 35.9 Å². The quantitative estimate of drug-likeness (QED) is 0.746. The van der Waals surface area contributed by atoms with Crippen molar-refractivity contribution in [3.8, 4) is 0 Å². The Morgan fingerprint density at radius 2 is 1.80 bits per heavy atom. The predicted molar refractivity (Wildman–Crippen MR) is 95.0 cm³/mol. The maximum Gasteiger partial charge on any atom is 0.338 e. The van der Waals surface area contributed by atoms with Crippen molar-refractivity contribution < 1.29 is 17.9 Å². The molecule has 1 saturated heterocycles. The second kappa shape index (κ2) is 7.56. The highest BCUT2D eigenvalue weighted by Gasteiger charge is 2.27. The number of esters is 1. The first-order valence-corrected chi connectivity index (χ1v) is 9.81. The lowest BCUT2D eigenvalue weighted by Crippen LogP contribution is -2.28. The van der Waals surface area contributed by atoms with Crippen LogP contribution in [0.3, 0.4) is 0 Å². The molecule has 0 N–H and O–H groups in total. The summed E-state index contributed by atoms with van der Waals surface area (Å²) in [4.78, 5) is 12.4. The van der Waals surface area contributed by atoms with Crippen molar-refractivity contribution in [3.63, 3.8) is 0 Å². The summed E-state index contributed by atoms with van der Waals surface area (Å²) in [6.07, 6.45) is 1.72. The highest BCUT2D eigenvalue weighted by atomic mass is 35.5. The van der Waals surface area contributed by atoms with Gasteiger partial charge in [0.25, 0.3) is 0 Å².